The maximum absolute atomic E-state index is 11.8. The Balaban J connectivity index is 2.04. The lowest BCUT2D eigenvalue weighted by Gasteiger charge is -2.06. The maximum Gasteiger partial charge on any atom is 0.293 e. The summed E-state index contributed by atoms with van der Waals surface area (Å²) < 4.78 is 0.214. The van der Waals surface area contributed by atoms with Crippen LogP contribution in [0.25, 0.3) is 0 Å². The quantitative estimate of drug-likeness (QED) is 0.494. The number of hydrogen-bond acceptors (Lipinski definition) is 5. The predicted octanol–water partition coefficient (Wildman–Crippen LogP) is 1.02. The highest BCUT2D eigenvalue weighted by Gasteiger charge is 2.38. The lowest BCUT2D eigenvalue weighted by molar-refractivity contribution is -0.136. The van der Waals surface area contributed by atoms with Crippen LogP contribution >= 0.6 is 24.0 Å². The summed E-state index contributed by atoms with van der Waals surface area (Å²) in [7, 11) is 0. The minimum absolute atomic E-state index is 0.214. The van der Waals surface area contributed by atoms with Gasteiger partial charge < -0.3 is 10.6 Å². The number of thiocarbonyl (C=S) groups is 1. The summed E-state index contributed by atoms with van der Waals surface area (Å²) in [4.78, 5) is 35.0. The van der Waals surface area contributed by atoms with Gasteiger partial charge in [0, 0.05) is 5.69 Å². The van der Waals surface area contributed by atoms with E-state index in [1.54, 1.807) is 12.1 Å². The average Bonchev–Trinajstić information content (AvgIpc) is 2.70. The Hall–Kier alpha value is -1.73. The van der Waals surface area contributed by atoms with E-state index in [0.717, 1.165) is 17.3 Å². The van der Waals surface area contributed by atoms with Crippen molar-refractivity contribution >= 4 is 51.6 Å². The van der Waals surface area contributed by atoms with Crippen LogP contribution in [0.1, 0.15) is 5.56 Å². The van der Waals surface area contributed by atoms with Crippen LogP contribution in [-0.2, 0) is 14.4 Å². The minimum Gasteiger partial charge on any atom is -0.319 e. The van der Waals surface area contributed by atoms with Gasteiger partial charge in [0.05, 0.1) is 0 Å². The van der Waals surface area contributed by atoms with Gasteiger partial charge in [-0.3, -0.25) is 14.4 Å². The molecule has 98 valence electrons. The normalized spacial score (nSPS) is 18.1. The van der Waals surface area contributed by atoms with Gasteiger partial charge in [-0.25, -0.2) is 0 Å². The van der Waals surface area contributed by atoms with Crippen LogP contribution in [0.4, 0.5) is 5.69 Å². The van der Waals surface area contributed by atoms with Crippen molar-refractivity contribution in [3.8, 4) is 0 Å². The highest BCUT2D eigenvalue weighted by molar-refractivity contribution is 8.25. The van der Waals surface area contributed by atoms with Gasteiger partial charge in [-0.15, -0.1) is 0 Å². The highest BCUT2D eigenvalue weighted by Crippen LogP contribution is 2.20. The van der Waals surface area contributed by atoms with E-state index in [9.17, 15) is 14.4 Å². The first kappa shape index (κ1) is 13.7. The third-order valence-corrected chi connectivity index (χ3v) is 3.83. The fraction of sp³-hybridized carbons (Fsp3) is 0.167. The molecule has 19 heavy (non-hydrogen) atoms. The molecule has 2 amide bonds. The fourth-order valence-electron chi connectivity index (χ4n) is 1.48. The zero-order valence-corrected chi connectivity index (χ0v) is 11.6. The molecular weight excluding hydrogens is 284 g/mol. The molecule has 1 aliphatic rings. The van der Waals surface area contributed by atoms with Crippen LogP contribution in [0.3, 0.4) is 0 Å². The Bertz CT molecular complexity index is 569. The van der Waals surface area contributed by atoms with Crippen LogP contribution in [0, 0.1) is 6.92 Å². The van der Waals surface area contributed by atoms with Crippen LogP contribution in [0.2, 0.25) is 0 Å². The van der Waals surface area contributed by atoms with Crippen molar-refractivity contribution in [2.45, 2.75) is 12.2 Å². The molecule has 1 aliphatic heterocycles. The van der Waals surface area contributed by atoms with Gasteiger partial charge in [0.1, 0.15) is 4.32 Å². The minimum atomic E-state index is -1.09. The molecule has 0 spiro atoms. The Morgan fingerprint density at radius 1 is 1.32 bits per heavy atom. The molecule has 1 heterocycles. The molecule has 7 heteroatoms. The number of carbonyl (C=O) groups excluding carboxylic acids is 3. The van der Waals surface area contributed by atoms with Crippen LogP contribution in [0.15, 0.2) is 24.3 Å². The van der Waals surface area contributed by atoms with E-state index in [-0.39, 0.29) is 4.32 Å². The number of amides is 2. The number of carbonyl (C=O) groups is 3. The summed E-state index contributed by atoms with van der Waals surface area (Å²) in [6.07, 6.45) is 0. The second kappa shape index (κ2) is 5.50. The van der Waals surface area contributed by atoms with Gasteiger partial charge >= 0.3 is 0 Å². The number of benzene rings is 1. The number of Topliss-reactive ketones (excluding diaryl/α,β-unsaturated/α-hetero) is 1. The molecule has 1 saturated heterocycles. The van der Waals surface area contributed by atoms with E-state index in [4.69, 9.17) is 12.2 Å². The van der Waals surface area contributed by atoms with Crippen molar-refractivity contribution < 1.29 is 14.4 Å². The van der Waals surface area contributed by atoms with Gasteiger partial charge in [0.15, 0.2) is 5.25 Å². The first-order chi connectivity index (χ1) is 8.97. The standard InChI is InChI=1S/C12H10N2O3S2/c1-6-2-4-7(5-3-6)13-10(16)8(15)9-11(17)14-12(18)19-9/h2-5,9H,1H3,(H,13,16)(H,14,17,18)/t9-/m1/s1. The van der Waals surface area contributed by atoms with E-state index in [1.165, 1.54) is 0 Å². The van der Waals surface area contributed by atoms with Crippen LogP contribution < -0.4 is 10.6 Å². The summed E-state index contributed by atoms with van der Waals surface area (Å²) in [6.45, 7) is 1.91. The largest absolute Gasteiger partial charge is 0.319 e. The number of anilines is 1. The Kier molecular flexibility index (Phi) is 3.96. The number of aryl methyl sites for hydroxylation is 1. The lowest BCUT2D eigenvalue weighted by atomic mass is 10.2. The van der Waals surface area contributed by atoms with Gasteiger partial charge in [-0.1, -0.05) is 41.7 Å². The second-order valence-corrected chi connectivity index (χ2v) is 5.74. The number of ketones is 1. The number of thioether (sulfide) groups is 1. The van der Waals surface area contributed by atoms with Gasteiger partial charge in [-0.05, 0) is 19.1 Å². The number of rotatable bonds is 3. The van der Waals surface area contributed by atoms with Crippen LogP contribution in [0.5, 0.6) is 0 Å². The van der Waals surface area contributed by atoms with Crippen LogP contribution in [-0.4, -0.2) is 27.2 Å². The Morgan fingerprint density at radius 3 is 2.47 bits per heavy atom. The molecule has 1 fully saturated rings. The molecule has 0 aromatic heterocycles. The molecule has 0 aliphatic carbocycles. The molecule has 2 rings (SSSR count). The third-order valence-electron chi connectivity index (χ3n) is 2.46. The van der Waals surface area contributed by atoms with Gasteiger partial charge in [0.25, 0.3) is 5.91 Å². The van der Waals surface area contributed by atoms with Crippen molar-refractivity contribution in [2.75, 3.05) is 5.32 Å². The molecule has 0 unspecified atom stereocenters. The molecule has 0 bridgehead atoms. The Labute approximate surface area is 119 Å². The van der Waals surface area contributed by atoms with Crippen molar-refractivity contribution in [2.24, 2.45) is 0 Å². The first-order valence-electron chi connectivity index (χ1n) is 5.41. The topological polar surface area (TPSA) is 75.3 Å². The first-order valence-corrected chi connectivity index (χ1v) is 6.69. The van der Waals surface area contributed by atoms with Crippen molar-refractivity contribution in [1.82, 2.24) is 5.32 Å². The SMILES string of the molecule is Cc1ccc(NC(=O)C(=O)[C@H]2SC(=S)NC2=O)cc1. The maximum atomic E-state index is 11.8. The zero-order valence-electron chi connectivity index (χ0n) is 9.93. The molecule has 1 aromatic rings. The molecule has 0 saturated carbocycles. The summed E-state index contributed by atoms with van der Waals surface area (Å²) in [5, 5.41) is 3.70. The van der Waals surface area contributed by atoms with E-state index in [2.05, 4.69) is 10.6 Å². The summed E-state index contributed by atoms with van der Waals surface area (Å²) in [6, 6.07) is 7.00. The molecular formula is C12H10N2O3S2. The molecule has 2 N–H and O–H groups in total. The van der Waals surface area contributed by atoms with E-state index >= 15 is 0 Å². The van der Waals surface area contributed by atoms with Gasteiger partial charge in [0.2, 0.25) is 11.7 Å². The van der Waals surface area contributed by atoms with Gasteiger partial charge in [-0.2, -0.15) is 0 Å². The van der Waals surface area contributed by atoms with Crippen molar-refractivity contribution in [3.63, 3.8) is 0 Å². The molecule has 5 nitrogen and oxygen atoms in total. The highest BCUT2D eigenvalue weighted by atomic mass is 32.2. The van der Waals surface area contributed by atoms with E-state index in [1.807, 2.05) is 19.1 Å². The monoisotopic (exact) mass is 294 g/mol. The molecule has 0 radical (unpaired) electrons. The fourth-order valence-corrected chi connectivity index (χ4v) is 2.62. The van der Waals surface area contributed by atoms with E-state index in [0.29, 0.717) is 5.69 Å². The lowest BCUT2D eigenvalue weighted by Crippen LogP contribution is -2.37. The number of hydrogen-bond donors (Lipinski definition) is 2. The number of nitrogens with one attached hydrogen (secondary N) is 2. The average molecular weight is 294 g/mol. The second-order valence-electron chi connectivity index (χ2n) is 3.96. The predicted molar refractivity (Wildman–Crippen MR) is 76.9 cm³/mol. The van der Waals surface area contributed by atoms with E-state index < -0.39 is 22.8 Å². The summed E-state index contributed by atoms with van der Waals surface area (Å²) in [5.41, 5.74) is 1.55. The molecule has 1 atom stereocenters. The van der Waals surface area contributed by atoms with Crippen molar-refractivity contribution in [1.29, 1.82) is 0 Å². The molecule has 1 aromatic carbocycles. The third kappa shape index (κ3) is 3.18. The van der Waals surface area contributed by atoms with Crippen molar-refractivity contribution in [3.05, 3.63) is 29.8 Å². The Morgan fingerprint density at radius 2 is 1.95 bits per heavy atom. The smallest absolute Gasteiger partial charge is 0.293 e. The summed E-state index contributed by atoms with van der Waals surface area (Å²) in [5.74, 6) is -2.16. The summed E-state index contributed by atoms with van der Waals surface area (Å²) >= 11 is 5.65. The zero-order chi connectivity index (χ0) is 14.0.